The molecular weight excluding hydrogens is 208 g/mol. The molecular formula is C11H16N2O3. The normalized spacial score (nSPS) is 10.1. The molecule has 88 valence electrons. The SMILES string of the molecule is COCCOCC(=O)Nc1ccc(C)nc1. The van der Waals surface area contributed by atoms with E-state index in [0.29, 0.717) is 18.9 Å². The Morgan fingerprint density at radius 1 is 1.44 bits per heavy atom. The summed E-state index contributed by atoms with van der Waals surface area (Å²) in [6, 6.07) is 3.64. The Labute approximate surface area is 94.8 Å². The highest BCUT2D eigenvalue weighted by Crippen LogP contribution is 2.04. The average molecular weight is 224 g/mol. The highest BCUT2D eigenvalue weighted by Gasteiger charge is 2.02. The maximum absolute atomic E-state index is 11.4. The van der Waals surface area contributed by atoms with Crippen molar-refractivity contribution in [2.24, 2.45) is 0 Å². The number of carbonyl (C=O) groups is 1. The Morgan fingerprint density at radius 2 is 2.25 bits per heavy atom. The van der Waals surface area contributed by atoms with Crippen LogP contribution in [0.3, 0.4) is 0 Å². The van der Waals surface area contributed by atoms with Crippen molar-refractivity contribution in [3.05, 3.63) is 24.0 Å². The number of methoxy groups -OCH3 is 1. The topological polar surface area (TPSA) is 60.5 Å². The van der Waals surface area contributed by atoms with E-state index in [9.17, 15) is 4.79 Å². The van der Waals surface area contributed by atoms with Crippen LogP contribution in [0.1, 0.15) is 5.69 Å². The summed E-state index contributed by atoms with van der Waals surface area (Å²) in [5.41, 5.74) is 1.58. The first kappa shape index (κ1) is 12.6. The third kappa shape index (κ3) is 4.86. The molecule has 5 heteroatoms. The van der Waals surface area contributed by atoms with Crippen LogP contribution in [0.4, 0.5) is 5.69 Å². The molecule has 1 N–H and O–H groups in total. The fraction of sp³-hybridized carbons (Fsp3) is 0.455. The first-order chi connectivity index (χ1) is 7.72. The van der Waals surface area contributed by atoms with Crippen LogP contribution in [0, 0.1) is 6.92 Å². The molecule has 0 saturated heterocycles. The van der Waals surface area contributed by atoms with Crippen molar-refractivity contribution in [2.45, 2.75) is 6.92 Å². The fourth-order valence-corrected chi connectivity index (χ4v) is 1.05. The number of nitrogens with zero attached hydrogens (tertiary/aromatic N) is 1. The van der Waals surface area contributed by atoms with Crippen molar-refractivity contribution in [1.82, 2.24) is 4.98 Å². The third-order valence-electron chi connectivity index (χ3n) is 1.86. The molecule has 5 nitrogen and oxygen atoms in total. The van der Waals surface area contributed by atoms with Crippen molar-refractivity contribution < 1.29 is 14.3 Å². The number of amides is 1. The molecule has 16 heavy (non-hydrogen) atoms. The van der Waals surface area contributed by atoms with Gasteiger partial charge in [0.05, 0.1) is 25.1 Å². The molecule has 1 amide bonds. The minimum absolute atomic E-state index is 0.0250. The number of ether oxygens (including phenoxy) is 2. The van der Waals surface area contributed by atoms with Gasteiger partial charge in [-0.3, -0.25) is 9.78 Å². The van der Waals surface area contributed by atoms with Crippen LogP contribution in [0.15, 0.2) is 18.3 Å². The smallest absolute Gasteiger partial charge is 0.250 e. The number of hydrogen-bond donors (Lipinski definition) is 1. The number of anilines is 1. The van der Waals surface area contributed by atoms with Gasteiger partial charge in [0.1, 0.15) is 6.61 Å². The van der Waals surface area contributed by atoms with Gasteiger partial charge in [-0.1, -0.05) is 0 Å². The molecule has 1 rings (SSSR count). The fourth-order valence-electron chi connectivity index (χ4n) is 1.05. The third-order valence-corrected chi connectivity index (χ3v) is 1.86. The van der Waals surface area contributed by atoms with Crippen molar-refractivity contribution in [3.8, 4) is 0 Å². The second-order valence-electron chi connectivity index (χ2n) is 3.28. The highest BCUT2D eigenvalue weighted by atomic mass is 16.5. The van der Waals surface area contributed by atoms with Gasteiger partial charge in [-0.15, -0.1) is 0 Å². The molecule has 0 aromatic carbocycles. The minimum atomic E-state index is -0.193. The molecule has 0 aliphatic carbocycles. The molecule has 0 fully saturated rings. The number of pyridine rings is 1. The lowest BCUT2D eigenvalue weighted by molar-refractivity contribution is -0.121. The molecule has 0 aliphatic heterocycles. The summed E-state index contributed by atoms with van der Waals surface area (Å²) in [4.78, 5) is 15.4. The summed E-state index contributed by atoms with van der Waals surface area (Å²) in [6.07, 6.45) is 1.61. The van der Waals surface area contributed by atoms with Crippen LogP contribution in [0.2, 0.25) is 0 Å². The van der Waals surface area contributed by atoms with Crippen LogP contribution in [0.5, 0.6) is 0 Å². The van der Waals surface area contributed by atoms with E-state index >= 15 is 0 Å². The number of aromatic nitrogens is 1. The lowest BCUT2D eigenvalue weighted by atomic mass is 10.3. The van der Waals surface area contributed by atoms with Crippen molar-refractivity contribution >= 4 is 11.6 Å². The predicted molar refractivity (Wildman–Crippen MR) is 60.3 cm³/mol. The standard InChI is InChI=1S/C11H16N2O3/c1-9-3-4-10(7-12-9)13-11(14)8-16-6-5-15-2/h3-4,7H,5-6,8H2,1-2H3,(H,13,14). The van der Waals surface area contributed by atoms with Crippen LogP contribution in [-0.4, -0.2) is 37.8 Å². The van der Waals surface area contributed by atoms with Crippen LogP contribution in [0.25, 0.3) is 0 Å². The molecule has 1 aromatic heterocycles. The van der Waals surface area contributed by atoms with Crippen LogP contribution in [-0.2, 0) is 14.3 Å². The van der Waals surface area contributed by atoms with E-state index in [4.69, 9.17) is 9.47 Å². The molecule has 1 aromatic rings. The van der Waals surface area contributed by atoms with Crippen molar-refractivity contribution in [3.63, 3.8) is 0 Å². The number of rotatable bonds is 6. The minimum Gasteiger partial charge on any atom is -0.382 e. The largest absolute Gasteiger partial charge is 0.382 e. The molecule has 0 atom stereocenters. The van der Waals surface area contributed by atoms with Gasteiger partial charge in [0.2, 0.25) is 5.91 Å². The molecule has 0 spiro atoms. The van der Waals surface area contributed by atoms with E-state index in [-0.39, 0.29) is 12.5 Å². The average Bonchev–Trinajstić information content (AvgIpc) is 2.28. The van der Waals surface area contributed by atoms with E-state index in [1.807, 2.05) is 13.0 Å². The maximum Gasteiger partial charge on any atom is 0.250 e. The van der Waals surface area contributed by atoms with E-state index in [1.54, 1.807) is 19.4 Å². The lowest BCUT2D eigenvalue weighted by Crippen LogP contribution is -2.19. The second-order valence-corrected chi connectivity index (χ2v) is 3.28. The molecule has 1 heterocycles. The first-order valence-corrected chi connectivity index (χ1v) is 5.01. The van der Waals surface area contributed by atoms with E-state index in [2.05, 4.69) is 10.3 Å². The molecule has 0 saturated carbocycles. The summed E-state index contributed by atoms with van der Waals surface area (Å²) in [5, 5.41) is 2.68. The zero-order chi connectivity index (χ0) is 11.8. The van der Waals surface area contributed by atoms with Crippen molar-refractivity contribution in [2.75, 3.05) is 32.2 Å². The van der Waals surface area contributed by atoms with Gasteiger partial charge in [0, 0.05) is 12.8 Å². The van der Waals surface area contributed by atoms with E-state index in [0.717, 1.165) is 5.69 Å². The van der Waals surface area contributed by atoms with Crippen molar-refractivity contribution in [1.29, 1.82) is 0 Å². The monoisotopic (exact) mass is 224 g/mol. The van der Waals surface area contributed by atoms with Gasteiger partial charge in [-0.05, 0) is 19.1 Å². The molecule has 0 aliphatic rings. The zero-order valence-electron chi connectivity index (χ0n) is 9.53. The summed E-state index contributed by atoms with van der Waals surface area (Å²) in [6.45, 7) is 2.81. The Kier molecular flexibility index (Phi) is 5.45. The van der Waals surface area contributed by atoms with Gasteiger partial charge in [-0.2, -0.15) is 0 Å². The van der Waals surface area contributed by atoms with Gasteiger partial charge < -0.3 is 14.8 Å². The Bertz CT molecular complexity index is 325. The summed E-state index contributed by atoms with van der Waals surface area (Å²) >= 11 is 0. The Morgan fingerprint density at radius 3 is 2.88 bits per heavy atom. The van der Waals surface area contributed by atoms with Crippen LogP contribution < -0.4 is 5.32 Å². The zero-order valence-corrected chi connectivity index (χ0v) is 9.53. The van der Waals surface area contributed by atoms with Gasteiger partial charge >= 0.3 is 0 Å². The molecule has 0 bridgehead atoms. The summed E-state index contributed by atoms with van der Waals surface area (Å²) < 4.78 is 9.86. The summed E-state index contributed by atoms with van der Waals surface area (Å²) in [5.74, 6) is -0.193. The van der Waals surface area contributed by atoms with Crippen LogP contribution >= 0.6 is 0 Å². The Hall–Kier alpha value is -1.46. The second kappa shape index (κ2) is 6.92. The van der Waals surface area contributed by atoms with Gasteiger partial charge in [0.15, 0.2) is 0 Å². The molecule has 0 unspecified atom stereocenters. The number of hydrogen-bond acceptors (Lipinski definition) is 4. The number of aryl methyl sites for hydroxylation is 1. The van der Waals surface area contributed by atoms with E-state index in [1.165, 1.54) is 0 Å². The van der Waals surface area contributed by atoms with E-state index < -0.39 is 0 Å². The quantitative estimate of drug-likeness (QED) is 0.732. The number of carbonyl (C=O) groups excluding carboxylic acids is 1. The van der Waals surface area contributed by atoms with Gasteiger partial charge in [-0.25, -0.2) is 0 Å². The van der Waals surface area contributed by atoms with Gasteiger partial charge in [0.25, 0.3) is 0 Å². The molecule has 0 radical (unpaired) electrons. The highest BCUT2D eigenvalue weighted by molar-refractivity contribution is 5.91. The maximum atomic E-state index is 11.4. The lowest BCUT2D eigenvalue weighted by Gasteiger charge is -2.05. The summed E-state index contributed by atoms with van der Waals surface area (Å²) in [7, 11) is 1.58. The Balaban J connectivity index is 2.26. The number of nitrogens with one attached hydrogen (secondary N) is 1. The predicted octanol–water partition coefficient (Wildman–Crippen LogP) is 0.992. The first-order valence-electron chi connectivity index (χ1n) is 5.01.